The zero-order chi connectivity index (χ0) is 23.3. The van der Waals surface area contributed by atoms with Gasteiger partial charge in [0, 0.05) is 33.5 Å². The van der Waals surface area contributed by atoms with Crippen molar-refractivity contribution in [2.75, 3.05) is 0 Å². The number of para-hydroxylation sites is 2. The van der Waals surface area contributed by atoms with Crippen molar-refractivity contribution < 1.29 is 24.5 Å². The minimum atomic E-state index is -0.981. The number of fused-ring (bicyclic) bond motifs is 10. The van der Waals surface area contributed by atoms with E-state index in [-0.39, 0.29) is 6.42 Å². The summed E-state index contributed by atoms with van der Waals surface area (Å²) in [6, 6.07) is 15.4. The number of rotatable bonds is 1. The summed E-state index contributed by atoms with van der Waals surface area (Å²) in [5.41, 5.74) is 3.87. The smallest absolute Gasteiger partial charge is 0.259 e. The highest BCUT2D eigenvalue weighted by atomic mass is 16.5. The van der Waals surface area contributed by atoms with Gasteiger partial charge in [0.15, 0.2) is 0 Å². The summed E-state index contributed by atoms with van der Waals surface area (Å²) >= 11 is 0. The highest BCUT2D eigenvalue weighted by Crippen LogP contribution is 2.45. The lowest BCUT2D eigenvalue weighted by atomic mass is 9.96. The third-order valence-corrected chi connectivity index (χ3v) is 7.26. The quantitative estimate of drug-likeness (QED) is 0.289. The van der Waals surface area contributed by atoms with Gasteiger partial charge < -0.3 is 24.5 Å². The highest BCUT2D eigenvalue weighted by Gasteiger charge is 2.39. The average molecular weight is 455 g/mol. The van der Waals surface area contributed by atoms with Gasteiger partial charge in [-0.2, -0.15) is 0 Å². The zero-order valence-electron chi connectivity index (χ0n) is 18.2. The van der Waals surface area contributed by atoms with Crippen LogP contribution in [0.4, 0.5) is 0 Å². The third kappa shape index (κ3) is 2.37. The largest absolute Gasteiger partial charge is 0.390 e. The Balaban J connectivity index is 1.72. The lowest BCUT2D eigenvalue weighted by Gasteiger charge is -2.36. The van der Waals surface area contributed by atoms with Gasteiger partial charge in [-0.15, -0.1) is 0 Å². The van der Waals surface area contributed by atoms with E-state index in [0.29, 0.717) is 21.9 Å². The van der Waals surface area contributed by atoms with Gasteiger partial charge in [-0.1, -0.05) is 36.4 Å². The molecule has 2 aliphatic rings. The predicted octanol–water partition coefficient (Wildman–Crippen LogP) is 3.34. The maximum atomic E-state index is 13.1. The van der Waals surface area contributed by atoms with Gasteiger partial charge >= 0.3 is 0 Å². The molecule has 34 heavy (non-hydrogen) atoms. The molecule has 5 aromatic rings. The van der Waals surface area contributed by atoms with Gasteiger partial charge in [0.1, 0.15) is 12.3 Å². The molecule has 4 heterocycles. The molecule has 8 nitrogen and oxygen atoms in total. The van der Waals surface area contributed by atoms with Gasteiger partial charge in [0.25, 0.3) is 11.8 Å². The number of amides is 2. The van der Waals surface area contributed by atoms with Crippen molar-refractivity contribution in [3.8, 4) is 0 Å². The molecule has 4 N–H and O–H groups in total. The minimum Gasteiger partial charge on any atom is -0.390 e. The first-order valence-electron chi connectivity index (χ1n) is 11.3. The Morgan fingerprint density at radius 3 is 2.38 bits per heavy atom. The van der Waals surface area contributed by atoms with Crippen LogP contribution >= 0.6 is 0 Å². The Labute approximate surface area is 192 Å². The molecule has 7 rings (SSSR count). The van der Waals surface area contributed by atoms with Gasteiger partial charge in [0.2, 0.25) is 0 Å². The maximum absolute atomic E-state index is 13.1. The number of hydrogen-bond acceptors (Lipinski definition) is 5. The Morgan fingerprint density at radius 2 is 1.62 bits per heavy atom. The zero-order valence-corrected chi connectivity index (χ0v) is 18.2. The highest BCUT2D eigenvalue weighted by molar-refractivity contribution is 6.39. The number of carbonyl (C=O) groups is 2. The Kier molecular flexibility index (Phi) is 3.87. The summed E-state index contributed by atoms with van der Waals surface area (Å²) < 4.78 is 8.18. The molecule has 2 aromatic heterocycles. The Morgan fingerprint density at radius 1 is 0.941 bits per heavy atom. The molecule has 2 amide bonds. The average Bonchev–Trinajstić information content (AvgIpc) is 3.46. The standard InChI is InChI=1S/C26H21N3O5/c1-11-24(31)16(30)10-17(34-11)29-15-9-5-3-7-13(15)19-21-20(25(32)28-26(21)33)18-12-6-2-4-8-14(12)27-22(18)23(19)29/h2-9,11,16-17,24,27,30-31H,10H2,1H3,(H,28,32,33)/t11-,16-,17-,24-/m1/s1. The van der Waals surface area contributed by atoms with Crippen LogP contribution in [0.15, 0.2) is 48.5 Å². The van der Waals surface area contributed by atoms with Crippen LogP contribution in [0.1, 0.15) is 40.3 Å². The molecule has 3 aromatic carbocycles. The topological polar surface area (TPSA) is 117 Å². The molecule has 2 aliphatic heterocycles. The van der Waals surface area contributed by atoms with Crippen LogP contribution in [0.2, 0.25) is 0 Å². The summed E-state index contributed by atoms with van der Waals surface area (Å²) in [7, 11) is 0. The summed E-state index contributed by atoms with van der Waals surface area (Å²) in [4.78, 5) is 29.6. The van der Waals surface area contributed by atoms with E-state index in [1.807, 2.05) is 53.1 Å². The van der Waals surface area contributed by atoms with Gasteiger partial charge in [0.05, 0.1) is 39.9 Å². The summed E-state index contributed by atoms with van der Waals surface area (Å²) in [6.07, 6.45) is -2.91. The van der Waals surface area contributed by atoms with Crippen molar-refractivity contribution in [3.05, 3.63) is 59.7 Å². The number of aliphatic hydroxyl groups is 2. The lowest BCUT2D eigenvalue weighted by molar-refractivity contribution is -0.182. The first kappa shape index (κ1) is 19.7. The molecule has 0 saturated carbocycles. The summed E-state index contributed by atoms with van der Waals surface area (Å²) in [6.45, 7) is 1.73. The van der Waals surface area contributed by atoms with E-state index in [9.17, 15) is 19.8 Å². The van der Waals surface area contributed by atoms with Crippen LogP contribution in [0.25, 0.3) is 43.6 Å². The van der Waals surface area contributed by atoms with E-state index in [2.05, 4.69) is 10.3 Å². The summed E-state index contributed by atoms with van der Waals surface area (Å²) in [5, 5.41) is 26.3. The molecule has 0 spiro atoms. The van der Waals surface area contributed by atoms with Crippen LogP contribution in [-0.4, -0.2) is 49.9 Å². The van der Waals surface area contributed by atoms with Crippen molar-refractivity contribution in [2.24, 2.45) is 0 Å². The van der Waals surface area contributed by atoms with Crippen LogP contribution in [0.3, 0.4) is 0 Å². The Hall–Kier alpha value is -3.72. The molecule has 170 valence electrons. The minimum absolute atomic E-state index is 0.184. The number of benzene rings is 3. The Bertz CT molecular complexity index is 1690. The number of aromatic nitrogens is 2. The normalized spacial score (nSPS) is 25.0. The third-order valence-electron chi connectivity index (χ3n) is 7.26. The van der Waals surface area contributed by atoms with Crippen molar-refractivity contribution in [3.63, 3.8) is 0 Å². The molecule has 1 fully saturated rings. The fourth-order valence-corrected chi connectivity index (χ4v) is 5.78. The molecule has 0 radical (unpaired) electrons. The molecule has 0 unspecified atom stereocenters. The van der Waals surface area contributed by atoms with Crippen LogP contribution < -0.4 is 5.32 Å². The van der Waals surface area contributed by atoms with E-state index < -0.39 is 36.4 Å². The van der Waals surface area contributed by atoms with E-state index in [1.54, 1.807) is 6.92 Å². The molecule has 0 aliphatic carbocycles. The van der Waals surface area contributed by atoms with Gasteiger partial charge in [-0.05, 0) is 19.1 Å². The fourth-order valence-electron chi connectivity index (χ4n) is 5.78. The second-order valence-corrected chi connectivity index (χ2v) is 9.15. The molecule has 1 saturated heterocycles. The van der Waals surface area contributed by atoms with Gasteiger partial charge in [-0.3, -0.25) is 14.9 Å². The first-order chi connectivity index (χ1) is 16.5. The van der Waals surface area contributed by atoms with Crippen molar-refractivity contribution in [2.45, 2.75) is 37.9 Å². The molecular formula is C26H21N3O5. The van der Waals surface area contributed by atoms with Crippen molar-refractivity contribution in [1.82, 2.24) is 14.9 Å². The van der Waals surface area contributed by atoms with Crippen molar-refractivity contribution >= 4 is 55.4 Å². The maximum Gasteiger partial charge on any atom is 0.259 e. The van der Waals surface area contributed by atoms with E-state index in [0.717, 1.165) is 32.8 Å². The predicted molar refractivity (Wildman–Crippen MR) is 127 cm³/mol. The van der Waals surface area contributed by atoms with E-state index >= 15 is 0 Å². The molecule has 4 atom stereocenters. The number of carbonyl (C=O) groups excluding carboxylic acids is 2. The number of imide groups is 1. The lowest BCUT2D eigenvalue weighted by Crippen LogP contribution is -2.45. The van der Waals surface area contributed by atoms with E-state index in [4.69, 9.17) is 4.74 Å². The number of nitrogens with one attached hydrogen (secondary N) is 2. The monoisotopic (exact) mass is 455 g/mol. The summed E-state index contributed by atoms with van der Waals surface area (Å²) in [5.74, 6) is -0.831. The second-order valence-electron chi connectivity index (χ2n) is 9.15. The number of nitrogens with zero attached hydrogens (tertiary/aromatic N) is 1. The first-order valence-corrected chi connectivity index (χ1v) is 11.3. The number of H-pyrrole nitrogens is 1. The fraction of sp³-hybridized carbons (Fsp3) is 0.231. The van der Waals surface area contributed by atoms with Crippen LogP contribution in [0.5, 0.6) is 0 Å². The number of hydrogen-bond donors (Lipinski definition) is 4. The van der Waals surface area contributed by atoms with Gasteiger partial charge in [-0.25, -0.2) is 0 Å². The molecule has 0 bridgehead atoms. The number of ether oxygens (including phenoxy) is 1. The number of aliphatic hydroxyl groups excluding tert-OH is 2. The molecular weight excluding hydrogens is 434 g/mol. The SMILES string of the molecule is C[C@H]1O[C@@H](n2c3ccccc3c3c4c(c5c6ccccc6[nH]c5c32)C(=O)NC4=O)C[C@@H](O)[C@@H]1O. The van der Waals surface area contributed by atoms with E-state index in [1.165, 1.54) is 0 Å². The number of aromatic amines is 1. The van der Waals surface area contributed by atoms with Crippen LogP contribution in [-0.2, 0) is 4.74 Å². The van der Waals surface area contributed by atoms with Crippen LogP contribution in [0, 0.1) is 0 Å². The second kappa shape index (κ2) is 6.66. The molecule has 8 heteroatoms. The van der Waals surface area contributed by atoms with Crippen molar-refractivity contribution in [1.29, 1.82) is 0 Å².